The Morgan fingerprint density at radius 1 is 1.15 bits per heavy atom. The standard InChI is InChI=1S/C17H18N6O3S/c1-27(25,26)21-9-8-13-2-4-14(5-3-13)17(24)22-15-6-7-16(19-10-15)23-12-18-11-20-23/h2-7,10-12,21H,8-9H2,1H3,(H,22,24). The summed E-state index contributed by atoms with van der Waals surface area (Å²) in [5, 5.41) is 6.76. The minimum Gasteiger partial charge on any atom is -0.321 e. The Balaban J connectivity index is 1.57. The number of rotatable bonds is 7. The van der Waals surface area contributed by atoms with E-state index in [0.29, 0.717) is 30.0 Å². The molecule has 0 aliphatic rings. The zero-order valence-corrected chi connectivity index (χ0v) is 15.3. The molecule has 10 heteroatoms. The van der Waals surface area contributed by atoms with E-state index in [1.165, 1.54) is 17.3 Å². The van der Waals surface area contributed by atoms with E-state index in [2.05, 4.69) is 25.1 Å². The molecule has 1 aromatic carbocycles. The topological polar surface area (TPSA) is 119 Å². The largest absolute Gasteiger partial charge is 0.321 e. The summed E-state index contributed by atoms with van der Waals surface area (Å²) in [6, 6.07) is 10.4. The number of sulfonamides is 1. The third kappa shape index (κ3) is 5.43. The Hall–Kier alpha value is -3.11. The van der Waals surface area contributed by atoms with E-state index in [4.69, 9.17) is 0 Å². The first-order chi connectivity index (χ1) is 12.9. The van der Waals surface area contributed by atoms with Crippen molar-refractivity contribution in [3.63, 3.8) is 0 Å². The fourth-order valence-corrected chi connectivity index (χ4v) is 2.80. The second-order valence-corrected chi connectivity index (χ2v) is 7.65. The molecule has 0 radical (unpaired) electrons. The maximum Gasteiger partial charge on any atom is 0.255 e. The number of nitrogens with one attached hydrogen (secondary N) is 2. The monoisotopic (exact) mass is 386 g/mol. The van der Waals surface area contributed by atoms with Gasteiger partial charge in [0.2, 0.25) is 10.0 Å². The van der Waals surface area contributed by atoms with Crippen molar-refractivity contribution in [2.24, 2.45) is 0 Å². The molecule has 0 unspecified atom stereocenters. The van der Waals surface area contributed by atoms with E-state index in [-0.39, 0.29) is 5.91 Å². The van der Waals surface area contributed by atoms with Crippen molar-refractivity contribution in [2.75, 3.05) is 18.1 Å². The molecule has 0 fully saturated rings. The molecule has 9 nitrogen and oxygen atoms in total. The summed E-state index contributed by atoms with van der Waals surface area (Å²) in [5.41, 5.74) is 1.99. The summed E-state index contributed by atoms with van der Waals surface area (Å²) in [4.78, 5) is 20.4. The van der Waals surface area contributed by atoms with Crippen LogP contribution in [0.4, 0.5) is 5.69 Å². The average Bonchev–Trinajstić information content (AvgIpc) is 3.16. The summed E-state index contributed by atoms with van der Waals surface area (Å²) in [6.45, 7) is 0.314. The number of carbonyl (C=O) groups is 1. The van der Waals surface area contributed by atoms with Gasteiger partial charge in [0.05, 0.1) is 18.1 Å². The van der Waals surface area contributed by atoms with Crippen molar-refractivity contribution < 1.29 is 13.2 Å². The lowest BCUT2D eigenvalue weighted by atomic mass is 10.1. The molecule has 3 aromatic rings. The van der Waals surface area contributed by atoms with E-state index < -0.39 is 10.0 Å². The van der Waals surface area contributed by atoms with Gasteiger partial charge in [-0.15, -0.1) is 0 Å². The number of hydrogen-bond donors (Lipinski definition) is 2. The molecule has 0 spiro atoms. The number of amides is 1. The van der Waals surface area contributed by atoms with Crippen molar-refractivity contribution in [1.82, 2.24) is 24.5 Å². The molecule has 1 amide bonds. The van der Waals surface area contributed by atoms with Crippen LogP contribution in [0.25, 0.3) is 5.82 Å². The van der Waals surface area contributed by atoms with Gasteiger partial charge in [-0.3, -0.25) is 4.79 Å². The van der Waals surface area contributed by atoms with Crippen LogP contribution in [0.3, 0.4) is 0 Å². The number of carbonyl (C=O) groups excluding carboxylic acids is 1. The van der Waals surface area contributed by atoms with Crippen LogP contribution in [0, 0.1) is 0 Å². The lowest BCUT2D eigenvalue weighted by Crippen LogP contribution is -2.24. The SMILES string of the molecule is CS(=O)(=O)NCCc1ccc(C(=O)Nc2ccc(-n3cncn3)nc2)cc1. The van der Waals surface area contributed by atoms with E-state index in [0.717, 1.165) is 11.8 Å². The molecule has 0 saturated heterocycles. The van der Waals surface area contributed by atoms with Gasteiger partial charge in [0, 0.05) is 12.1 Å². The van der Waals surface area contributed by atoms with Gasteiger partial charge in [0.1, 0.15) is 12.7 Å². The highest BCUT2D eigenvalue weighted by atomic mass is 32.2. The Morgan fingerprint density at radius 2 is 1.93 bits per heavy atom. The highest BCUT2D eigenvalue weighted by Crippen LogP contribution is 2.12. The van der Waals surface area contributed by atoms with E-state index in [9.17, 15) is 13.2 Å². The second-order valence-electron chi connectivity index (χ2n) is 5.81. The van der Waals surface area contributed by atoms with Gasteiger partial charge in [0.25, 0.3) is 5.91 Å². The summed E-state index contributed by atoms with van der Waals surface area (Å²) < 4.78 is 26.0. The number of anilines is 1. The van der Waals surface area contributed by atoms with E-state index in [1.807, 2.05) is 0 Å². The van der Waals surface area contributed by atoms with Crippen LogP contribution in [-0.4, -0.2) is 46.9 Å². The lowest BCUT2D eigenvalue weighted by Gasteiger charge is -2.07. The van der Waals surface area contributed by atoms with Gasteiger partial charge in [-0.2, -0.15) is 5.10 Å². The number of aromatic nitrogens is 4. The summed E-state index contributed by atoms with van der Waals surface area (Å²) in [7, 11) is -3.20. The third-order valence-corrected chi connectivity index (χ3v) is 4.38. The van der Waals surface area contributed by atoms with E-state index >= 15 is 0 Å². The second kappa shape index (κ2) is 8.06. The Kier molecular flexibility index (Phi) is 5.57. The maximum absolute atomic E-state index is 12.3. The van der Waals surface area contributed by atoms with Crippen LogP contribution < -0.4 is 10.0 Å². The Bertz CT molecular complexity index is 1000. The van der Waals surface area contributed by atoms with Crippen molar-refractivity contribution >= 4 is 21.6 Å². The van der Waals surface area contributed by atoms with Crippen LogP contribution in [0.1, 0.15) is 15.9 Å². The molecule has 140 valence electrons. The van der Waals surface area contributed by atoms with Gasteiger partial charge in [0.15, 0.2) is 5.82 Å². The predicted molar refractivity (Wildman–Crippen MR) is 100 cm³/mol. The molecule has 2 aromatic heterocycles. The van der Waals surface area contributed by atoms with E-state index in [1.54, 1.807) is 42.6 Å². The summed E-state index contributed by atoms with van der Waals surface area (Å²) >= 11 is 0. The number of hydrogen-bond acceptors (Lipinski definition) is 6. The Labute approximate surface area is 156 Å². The maximum atomic E-state index is 12.3. The normalized spacial score (nSPS) is 11.3. The van der Waals surface area contributed by atoms with Gasteiger partial charge in [-0.1, -0.05) is 12.1 Å². The van der Waals surface area contributed by atoms with Crippen LogP contribution in [0.5, 0.6) is 0 Å². The highest BCUT2D eigenvalue weighted by molar-refractivity contribution is 7.88. The average molecular weight is 386 g/mol. The molecule has 0 saturated carbocycles. The van der Waals surface area contributed by atoms with Gasteiger partial charge in [-0.05, 0) is 36.2 Å². The smallest absolute Gasteiger partial charge is 0.255 e. The minimum atomic E-state index is -3.20. The van der Waals surface area contributed by atoms with Crippen LogP contribution in [0.15, 0.2) is 55.2 Å². The molecule has 0 aliphatic carbocycles. The van der Waals surface area contributed by atoms with Gasteiger partial charge in [-0.25, -0.2) is 27.8 Å². The molecule has 2 N–H and O–H groups in total. The van der Waals surface area contributed by atoms with Crippen LogP contribution >= 0.6 is 0 Å². The molecule has 3 rings (SSSR count). The quantitative estimate of drug-likeness (QED) is 0.625. The van der Waals surface area contributed by atoms with Crippen LogP contribution in [-0.2, 0) is 16.4 Å². The third-order valence-electron chi connectivity index (χ3n) is 3.65. The first kappa shape index (κ1) is 18.7. The van der Waals surface area contributed by atoms with Crippen molar-refractivity contribution in [3.8, 4) is 5.82 Å². The fourth-order valence-electron chi connectivity index (χ4n) is 2.33. The lowest BCUT2D eigenvalue weighted by molar-refractivity contribution is 0.102. The number of nitrogens with zero attached hydrogens (tertiary/aromatic N) is 4. The summed E-state index contributed by atoms with van der Waals surface area (Å²) in [6.07, 6.45) is 6.16. The molecule has 0 aliphatic heterocycles. The predicted octanol–water partition coefficient (Wildman–Crippen LogP) is 1.01. The molecule has 0 atom stereocenters. The zero-order chi connectivity index (χ0) is 19.3. The van der Waals surface area contributed by atoms with Crippen molar-refractivity contribution in [3.05, 3.63) is 66.4 Å². The number of pyridine rings is 1. The Morgan fingerprint density at radius 3 is 2.52 bits per heavy atom. The van der Waals surface area contributed by atoms with Gasteiger partial charge < -0.3 is 5.32 Å². The molecule has 2 heterocycles. The molecular weight excluding hydrogens is 368 g/mol. The van der Waals surface area contributed by atoms with Crippen molar-refractivity contribution in [1.29, 1.82) is 0 Å². The molecule has 0 bridgehead atoms. The fraction of sp³-hybridized carbons (Fsp3) is 0.176. The number of benzene rings is 1. The summed E-state index contributed by atoms with van der Waals surface area (Å²) in [5.74, 6) is 0.337. The zero-order valence-electron chi connectivity index (χ0n) is 14.5. The molecule has 27 heavy (non-hydrogen) atoms. The highest BCUT2D eigenvalue weighted by Gasteiger charge is 2.07. The minimum absolute atomic E-state index is 0.258. The first-order valence-corrected chi connectivity index (χ1v) is 9.96. The molecular formula is C17H18N6O3S. The van der Waals surface area contributed by atoms with Gasteiger partial charge >= 0.3 is 0 Å². The first-order valence-electron chi connectivity index (χ1n) is 8.07. The van der Waals surface area contributed by atoms with Crippen molar-refractivity contribution in [2.45, 2.75) is 6.42 Å². The van der Waals surface area contributed by atoms with Crippen LogP contribution in [0.2, 0.25) is 0 Å².